The third-order valence-electron chi connectivity index (χ3n) is 4.93. The molecule has 4 aromatic rings. The first kappa shape index (κ1) is 22.5. The summed E-state index contributed by atoms with van der Waals surface area (Å²) < 4.78 is 38.7. The smallest absolute Gasteiger partial charge is 0.321 e. The molecule has 0 aromatic carbocycles. The number of aromatic nitrogens is 4. The first-order chi connectivity index (χ1) is 16.3. The number of aryl methyl sites for hydroxylation is 1. The predicted molar refractivity (Wildman–Crippen MR) is 117 cm³/mol. The highest BCUT2D eigenvalue weighted by atomic mass is 19.4. The molecule has 0 fully saturated rings. The number of pyridine rings is 4. The number of carbonyl (C=O) groups excluding carboxylic acids is 1. The van der Waals surface area contributed by atoms with E-state index in [0.29, 0.717) is 34.1 Å². The number of halogens is 3. The molecule has 0 atom stereocenters. The van der Waals surface area contributed by atoms with Crippen molar-refractivity contribution in [2.45, 2.75) is 13.1 Å². The Morgan fingerprint density at radius 2 is 1.74 bits per heavy atom. The van der Waals surface area contributed by atoms with Gasteiger partial charge < -0.3 is 5.32 Å². The van der Waals surface area contributed by atoms with Crippen molar-refractivity contribution in [1.82, 2.24) is 19.9 Å². The first-order valence-corrected chi connectivity index (χ1v) is 9.88. The van der Waals surface area contributed by atoms with E-state index in [1.807, 2.05) is 0 Å². The summed E-state index contributed by atoms with van der Waals surface area (Å²) in [6.07, 6.45) is 2.45. The van der Waals surface area contributed by atoms with Crippen LogP contribution in [-0.4, -0.2) is 25.8 Å². The summed E-state index contributed by atoms with van der Waals surface area (Å²) in [5.41, 5.74) is 2.32. The van der Waals surface area contributed by atoms with Gasteiger partial charge in [-0.25, -0.2) is 0 Å². The zero-order valence-electron chi connectivity index (χ0n) is 17.6. The Hall–Kier alpha value is -4.65. The number of amides is 1. The molecule has 4 rings (SSSR count). The van der Waals surface area contributed by atoms with Gasteiger partial charge in [0.1, 0.15) is 11.8 Å². The molecule has 10 heteroatoms. The highest BCUT2D eigenvalue weighted by molar-refractivity contribution is 6.04. The molecule has 0 aliphatic carbocycles. The number of rotatable bonds is 4. The van der Waals surface area contributed by atoms with Gasteiger partial charge in [0.25, 0.3) is 5.91 Å². The van der Waals surface area contributed by atoms with Crippen molar-refractivity contribution in [3.8, 4) is 28.5 Å². The quantitative estimate of drug-likeness (QED) is 0.457. The summed E-state index contributed by atoms with van der Waals surface area (Å²) >= 11 is 0. The number of nitrogens with one attached hydrogen (secondary N) is 1. The number of carbonyl (C=O) groups is 1. The van der Waals surface area contributed by atoms with Crippen molar-refractivity contribution >= 4 is 11.6 Å². The van der Waals surface area contributed by atoms with Crippen molar-refractivity contribution in [2.24, 2.45) is 0 Å². The van der Waals surface area contributed by atoms with Crippen LogP contribution in [0.4, 0.5) is 18.9 Å². The molecular weight excluding hydrogens is 445 g/mol. The molecule has 4 heterocycles. The van der Waals surface area contributed by atoms with E-state index < -0.39 is 17.8 Å². The van der Waals surface area contributed by atoms with E-state index in [4.69, 9.17) is 0 Å². The number of anilines is 1. The largest absolute Gasteiger partial charge is 0.433 e. The van der Waals surface area contributed by atoms with E-state index in [0.717, 1.165) is 11.8 Å². The number of hydrogen-bond acceptors (Lipinski definition) is 6. The van der Waals surface area contributed by atoms with Crippen LogP contribution in [0.1, 0.15) is 27.3 Å². The van der Waals surface area contributed by atoms with Crippen LogP contribution in [0.5, 0.6) is 0 Å². The van der Waals surface area contributed by atoms with E-state index in [1.54, 1.807) is 49.8 Å². The number of nitriles is 1. The van der Waals surface area contributed by atoms with Crippen molar-refractivity contribution in [3.05, 3.63) is 89.9 Å². The zero-order valence-corrected chi connectivity index (χ0v) is 17.6. The Morgan fingerprint density at radius 1 is 0.971 bits per heavy atom. The molecule has 4 aromatic heterocycles. The van der Waals surface area contributed by atoms with Crippen LogP contribution in [0, 0.1) is 18.3 Å². The van der Waals surface area contributed by atoms with Crippen molar-refractivity contribution < 1.29 is 18.0 Å². The molecule has 0 bridgehead atoms. The Morgan fingerprint density at radius 3 is 2.44 bits per heavy atom. The van der Waals surface area contributed by atoms with E-state index in [1.165, 1.54) is 12.3 Å². The lowest BCUT2D eigenvalue weighted by atomic mass is 10.0. The molecule has 168 valence electrons. The van der Waals surface area contributed by atoms with E-state index in [-0.39, 0.29) is 11.3 Å². The summed E-state index contributed by atoms with van der Waals surface area (Å²) in [5.74, 6) is -0.742. The lowest BCUT2D eigenvalue weighted by Gasteiger charge is -2.12. The number of hydrogen-bond donors (Lipinski definition) is 1. The summed E-state index contributed by atoms with van der Waals surface area (Å²) in [7, 11) is 0. The van der Waals surface area contributed by atoms with Crippen LogP contribution in [0.2, 0.25) is 0 Å². The van der Waals surface area contributed by atoms with Gasteiger partial charge in [-0.05, 0) is 43.3 Å². The summed E-state index contributed by atoms with van der Waals surface area (Å²) in [4.78, 5) is 28.5. The van der Waals surface area contributed by atoms with Gasteiger partial charge in [-0.3, -0.25) is 24.7 Å². The van der Waals surface area contributed by atoms with Gasteiger partial charge in [0.15, 0.2) is 0 Å². The molecule has 7 nitrogen and oxygen atoms in total. The van der Waals surface area contributed by atoms with Crippen LogP contribution in [0.25, 0.3) is 22.4 Å². The Kier molecular flexibility index (Phi) is 6.01. The Bertz CT molecular complexity index is 1410. The molecule has 0 spiro atoms. The third kappa shape index (κ3) is 4.73. The third-order valence-corrected chi connectivity index (χ3v) is 4.93. The van der Waals surface area contributed by atoms with Crippen LogP contribution in [0.15, 0.2) is 67.4 Å². The van der Waals surface area contributed by atoms with Gasteiger partial charge in [-0.15, -0.1) is 0 Å². The molecule has 34 heavy (non-hydrogen) atoms. The van der Waals surface area contributed by atoms with Crippen LogP contribution < -0.4 is 5.32 Å². The standard InChI is InChI=1S/C24H15F3N6O/c1-14-20(18-8-17(11-28)22(32-12-18)15-2-5-29-6-3-15)10-19(13-31-14)33-23(34)16-4-7-30-21(9-16)24(25,26)27/h2-10,12-13H,1H3,(H,33,34). The highest BCUT2D eigenvalue weighted by Gasteiger charge is 2.33. The molecule has 0 aliphatic rings. The van der Waals surface area contributed by atoms with Gasteiger partial charge in [-0.2, -0.15) is 18.4 Å². The predicted octanol–water partition coefficient (Wildman–Crippen LogP) is 5.05. The molecule has 0 aliphatic heterocycles. The summed E-state index contributed by atoms with van der Waals surface area (Å²) in [6, 6.07) is 10.8. The Balaban J connectivity index is 1.64. The SMILES string of the molecule is Cc1ncc(NC(=O)c2ccnc(C(F)(F)F)c2)cc1-c1cnc(-c2ccncc2)c(C#N)c1. The van der Waals surface area contributed by atoms with E-state index in [2.05, 4.69) is 31.3 Å². The van der Waals surface area contributed by atoms with E-state index in [9.17, 15) is 23.2 Å². The second-order valence-electron chi connectivity index (χ2n) is 7.21. The van der Waals surface area contributed by atoms with Gasteiger partial charge >= 0.3 is 6.18 Å². The van der Waals surface area contributed by atoms with Gasteiger partial charge in [0, 0.05) is 52.7 Å². The first-order valence-electron chi connectivity index (χ1n) is 9.88. The van der Waals surface area contributed by atoms with Crippen LogP contribution >= 0.6 is 0 Å². The monoisotopic (exact) mass is 460 g/mol. The summed E-state index contributed by atoms with van der Waals surface area (Å²) in [6.45, 7) is 1.75. The van der Waals surface area contributed by atoms with Crippen molar-refractivity contribution in [3.63, 3.8) is 0 Å². The lowest BCUT2D eigenvalue weighted by Crippen LogP contribution is -2.15. The zero-order chi connectivity index (χ0) is 24.3. The van der Waals surface area contributed by atoms with Crippen LogP contribution in [-0.2, 0) is 6.18 Å². The highest BCUT2D eigenvalue weighted by Crippen LogP contribution is 2.30. The molecule has 1 amide bonds. The minimum absolute atomic E-state index is 0.195. The minimum atomic E-state index is -4.66. The second kappa shape index (κ2) is 9.07. The molecular formula is C24H15F3N6O. The van der Waals surface area contributed by atoms with E-state index >= 15 is 0 Å². The number of nitrogens with zero attached hydrogens (tertiary/aromatic N) is 5. The minimum Gasteiger partial charge on any atom is -0.321 e. The van der Waals surface area contributed by atoms with Gasteiger partial charge in [0.05, 0.1) is 23.1 Å². The lowest BCUT2D eigenvalue weighted by molar-refractivity contribution is -0.141. The molecule has 0 saturated carbocycles. The fraction of sp³-hybridized carbons (Fsp3) is 0.0833. The molecule has 0 saturated heterocycles. The molecule has 1 N–H and O–H groups in total. The normalized spacial score (nSPS) is 11.0. The van der Waals surface area contributed by atoms with Crippen molar-refractivity contribution in [2.75, 3.05) is 5.32 Å². The van der Waals surface area contributed by atoms with Crippen LogP contribution in [0.3, 0.4) is 0 Å². The molecule has 0 unspecified atom stereocenters. The number of alkyl halides is 3. The maximum absolute atomic E-state index is 12.9. The average molecular weight is 460 g/mol. The fourth-order valence-electron chi connectivity index (χ4n) is 3.26. The maximum Gasteiger partial charge on any atom is 0.433 e. The average Bonchev–Trinajstić information content (AvgIpc) is 2.85. The maximum atomic E-state index is 12.9. The molecule has 0 radical (unpaired) electrons. The topological polar surface area (TPSA) is 104 Å². The van der Waals surface area contributed by atoms with Crippen molar-refractivity contribution in [1.29, 1.82) is 5.26 Å². The fourth-order valence-corrected chi connectivity index (χ4v) is 3.26. The second-order valence-corrected chi connectivity index (χ2v) is 7.21. The van der Waals surface area contributed by atoms with Gasteiger partial charge in [0.2, 0.25) is 0 Å². The Labute approximate surface area is 192 Å². The van der Waals surface area contributed by atoms with Gasteiger partial charge in [-0.1, -0.05) is 0 Å². The summed E-state index contributed by atoms with van der Waals surface area (Å²) in [5, 5.41) is 12.2.